The second-order valence-electron chi connectivity index (χ2n) is 2.30. The Balaban J connectivity index is 3.72. The fourth-order valence-corrected chi connectivity index (χ4v) is 0.237. The molecule has 0 unspecified atom stereocenters. The monoisotopic (exact) mass is 97.1 g/mol. The molecule has 7 heavy (non-hydrogen) atoms. The Morgan fingerprint density at radius 3 is 1.71 bits per heavy atom. The second kappa shape index (κ2) is 1.99. The maximum atomic E-state index is 3.39. The van der Waals surface area contributed by atoms with E-state index in [-0.39, 0.29) is 0 Å². The molecule has 0 amide bonds. The summed E-state index contributed by atoms with van der Waals surface area (Å²) < 4.78 is 0.670. The summed E-state index contributed by atoms with van der Waals surface area (Å²) in [5, 5.41) is 0. The van der Waals surface area contributed by atoms with Gasteiger partial charge in [-0.05, 0) is 5.92 Å². The van der Waals surface area contributed by atoms with Gasteiger partial charge in [0.1, 0.15) is 6.04 Å². The van der Waals surface area contributed by atoms with Crippen LogP contribution in [0.1, 0.15) is 0 Å². The van der Waals surface area contributed by atoms with Crippen molar-refractivity contribution in [3.8, 4) is 12.0 Å². The molecule has 0 bridgehead atoms. The van der Waals surface area contributed by atoms with Crippen molar-refractivity contribution in [1.29, 1.82) is 0 Å². The number of nitrogens with zero attached hydrogens (tertiary/aromatic N) is 1. The lowest BCUT2D eigenvalue weighted by Gasteiger charge is -2.11. The van der Waals surface area contributed by atoms with E-state index in [1.807, 2.05) is 21.1 Å². The molecule has 0 rings (SSSR count). The van der Waals surface area contributed by atoms with Crippen LogP contribution in [0.5, 0.6) is 0 Å². The maximum absolute atomic E-state index is 3.39. The van der Waals surface area contributed by atoms with Gasteiger partial charge in [0, 0.05) is 6.92 Å². The molecule has 0 aliphatic rings. The van der Waals surface area contributed by atoms with Crippen molar-refractivity contribution in [2.24, 2.45) is 0 Å². The smallest absolute Gasteiger partial charge is 0.136 e. The van der Waals surface area contributed by atoms with Gasteiger partial charge < -0.3 is 0 Å². The summed E-state index contributed by atoms with van der Waals surface area (Å²) >= 11 is 0. The summed E-state index contributed by atoms with van der Waals surface area (Å²) in [7, 11) is 5.99. The normalized spacial score (nSPS) is 9.71. The lowest BCUT2D eigenvalue weighted by molar-refractivity contribution is -0.800. The van der Waals surface area contributed by atoms with Gasteiger partial charge in [-0.2, -0.15) is 0 Å². The fourth-order valence-electron chi connectivity index (χ4n) is 0.237. The summed E-state index contributed by atoms with van der Waals surface area (Å²) in [6.07, 6.45) is 0. The van der Waals surface area contributed by atoms with E-state index >= 15 is 0 Å². The molecular weight excluding hydrogens is 86.1 g/mol. The first kappa shape index (κ1) is 6.52. The third-order valence-electron chi connectivity index (χ3n) is 0.414. The molecule has 0 aliphatic carbocycles. The third-order valence-corrected chi connectivity index (χ3v) is 0.414. The molecule has 0 fully saturated rings. The lowest BCUT2D eigenvalue weighted by atomic mass is 10.6. The van der Waals surface area contributed by atoms with Crippen LogP contribution in [0, 0.1) is 18.9 Å². The minimum absolute atomic E-state index is 0.670. The van der Waals surface area contributed by atoms with E-state index in [2.05, 4.69) is 18.9 Å². The third kappa shape index (κ3) is 5.52. The van der Waals surface area contributed by atoms with E-state index < -0.39 is 0 Å². The molecule has 0 aromatic rings. The van der Waals surface area contributed by atoms with Crippen LogP contribution < -0.4 is 0 Å². The molecule has 0 aromatic carbocycles. The SMILES string of the molecule is [CH2]C#C[N+](C)(C)C. The van der Waals surface area contributed by atoms with Crippen LogP contribution in [0.25, 0.3) is 0 Å². The van der Waals surface area contributed by atoms with Gasteiger partial charge in [0.2, 0.25) is 0 Å². The molecule has 0 saturated carbocycles. The molecule has 0 atom stereocenters. The Bertz CT molecular complexity index is 97.6. The second-order valence-corrected chi connectivity index (χ2v) is 2.30. The Hall–Kier alpha value is -0.480. The van der Waals surface area contributed by atoms with E-state index in [9.17, 15) is 0 Å². The maximum Gasteiger partial charge on any atom is 0.136 e. The zero-order chi connectivity index (χ0) is 5.91. The van der Waals surface area contributed by atoms with Crippen molar-refractivity contribution in [2.75, 3.05) is 21.1 Å². The van der Waals surface area contributed by atoms with Crippen molar-refractivity contribution >= 4 is 0 Å². The minimum atomic E-state index is 0.670. The molecule has 0 aliphatic heterocycles. The van der Waals surface area contributed by atoms with Gasteiger partial charge in [-0.1, -0.05) is 0 Å². The first-order valence-electron chi connectivity index (χ1n) is 2.17. The summed E-state index contributed by atoms with van der Waals surface area (Å²) in [6.45, 7) is 3.39. The summed E-state index contributed by atoms with van der Waals surface area (Å²) in [5.74, 6) is 2.58. The van der Waals surface area contributed by atoms with E-state index in [0.717, 1.165) is 0 Å². The zero-order valence-corrected chi connectivity index (χ0v) is 5.15. The van der Waals surface area contributed by atoms with Gasteiger partial charge >= 0.3 is 0 Å². The van der Waals surface area contributed by atoms with Crippen LogP contribution in [0.3, 0.4) is 0 Å². The van der Waals surface area contributed by atoms with Gasteiger partial charge in [-0.3, -0.25) is 4.48 Å². The molecule has 1 heteroatoms. The van der Waals surface area contributed by atoms with Crippen molar-refractivity contribution in [1.82, 2.24) is 0 Å². The average molecular weight is 97.2 g/mol. The molecule has 0 heterocycles. The van der Waals surface area contributed by atoms with Crippen molar-refractivity contribution < 1.29 is 4.48 Å². The number of quaternary nitrogens is 1. The zero-order valence-electron chi connectivity index (χ0n) is 5.15. The van der Waals surface area contributed by atoms with E-state index in [1.165, 1.54) is 0 Å². The van der Waals surface area contributed by atoms with Gasteiger partial charge in [0.15, 0.2) is 0 Å². The fraction of sp³-hybridized carbons (Fsp3) is 0.500. The summed E-state index contributed by atoms with van der Waals surface area (Å²) in [6, 6.07) is 2.86. The van der Waals surface area contributed by atoms with Crippen LogP contribution in [0.4, 0.5) is 0 Å². The number of hydrogen-bond donors (Lipinski definition) is 0. The standard InChI is InChI=1S/C6H11N/c1-5-6-7(2,3)4/h1H2,2-4H3/q+1. The van der Waals surface area contributed by atoms with E-state index in [1.54, 1.807) is 0 Å². The highest BCUT2D eigenvalue weighted by molar-refractivity contribution is 4.93. The van der Waals surface area contributed by atoms with E-state index in [4.69, 9.17) is 0 Å². The number of hydrogen-bond acceptors (Lipinski definition) is 0. The molecule has 0 N–H and O–H groups in total. The van der Waals surface area contributed by atoms with Crippen molar-refractivity contribution in [3.05, 3.63) is 6.92 Å². The average Bonchev–Trinajstić information content (AvgIpc) is 1.30. The van der Waals surface area contributed by atoms with Crippen LogP contribution >= 0.6 is 0 Å². The summed E-state index contributed by atoms with van der Waals surface area (Å²) in [4.78, 5) is 0. The van der Waals surface area contributed by atoms with Crippen LogP contribution in [0.2, 0.25) is 0 Å². The molecule has 1 radical (unpaired) electrons. The van der Waals surface area contributed by atoms with E-state index in [0.29, 0.717) is 4.48 Å². The molecule has 0 spiro atoms. The van der Waals surface area contributed by atoms with Gasteiger partial charge in [0.05, 0.1) is 21.1 Å². The highest BCUT2D eigenvalue weighted by Gasteiger charge is 1.97. The molecule has 0 saturated heterocycles. The highest BCUT2D eigenvalue weighted by Crippen LogP contribution is 1.81. The molecule has 1 nitrogen and oxygen atoms in total. The number of rotatable bonds is 0. The van der Waals surface area contributed by atoms with Gasteiger partial charge in [0.25, 0.3) is 0 Å². The van der Waals surface area contributed by atoms with Crippen molar-refractivity contribution in [3.63, 3.8) is 0 Å². The first-order chi connectivity index (χ1) is 3.06. The van der Waals surface area contributed by atoms with Crippen LogP contribution in [-0.4, -0.2) is 25.6 Å². The van der Waals surface area contributed by atoms with Gasteiger partial charge in [-0.25, -0.2) is 0 Å². The van der Waals surface area contributed by atoms with Crippen LogP contribution in [-0.2, 0) is 0 Å². The highest BCUT2D eigenvalue weighted by atomic mass is 15.3. The Labute approximate surface area is 45.5 Å². The molecular formula is C6H11N+. The minimum Gasteiger partial charge on any atom is -0.254 e. The first-order valence-corrected chi connectivity index (χ1v) is 2.17. The van der Waals surface area contributed by atoms with Gasteiger partial charge in [-0.15, -0.1) is 0 Å². The van der Waals surface area contributed by atoms with Crippen LogP contribution in [0.15, 0.2) is 0 Å². The Morgan fingerprint density at radius 2 is 1.71 bits per heavy atom. The predicted octanol–water partition coefficient (Wildman–Crippen LogP) is 0.488. The Kier molecular flexibility index (Phi) is 1.86. The quantitative estimate of drug-likeness (QED) is 0.305. The largest absolute Gasteiger partial charge is 0.254 e. The molecule has 39 valence electrons. The lowest BCUT2D eigenvalue weighted by Crippen LogP contribution is -2.27. The predicted molar refractivity (Wildman–Crippen MR) is 31.2 cm³/mol. The summed E-state index contributed by atoms with van der Waals surface area (Å²) in [5.41, 5.74) is 0. The topological polar surface area (TPSA) is 0 Å². The molecule has 0 aromatic heterocycles. The van der Waals surface area contributed by atoms with Crippen molar-refractivity contribution in [2.45, 2.75) is 0 Å². The Morgan fingerprint density at radius 1 is 1.29 bits per heavy atom.